The van der Waals surface area contributed by atoms with E-state index in [1.807, 2.05) is 67.6 Å². The zero-order valence-electron chi connectivity index (χ0n) is 20.1. The van der Waals surface area contributed by atoms with Gasteiger partial charge in [-0.25, -0.2) is 14.2 Å². The van der Waals surface area contributed by atoms with Crippen LogP contribution in [-0.4, -0.2) is 28.2 Å². The molecule has 2 aliphatic rings. The van der Waals surface area contributed by atoms with E-state index in [2.05, 4.69) is 15.6 Å². The van der Waals surface area contributed by atoms with Crippen molar-refractivity contribution in [1.82, 2.24) is 9.55 Å². The number of benzene rings is 2. The molecule has 1 aliphatic heterocycles. The highest BCUT2D eigenvalue weighted by Gasteiger charge is 2.38. The van der Waals surface area contributed by atoms with E-state index in [-0.39, 0.29) is 24.3 Å². The van der Waals surface area contributed by atoms with Gasteiger partial charge in [-0.1, -0.05) is 61.4 Å². The Labute approximate surface area is 204 Å². The van der Waals surface area contributed by atoms with Crippen LogP contribution >= 0.6 is 0 Å². The highest BCUT2D eigenvalue weighted by Crippen LogP contribution is 2.45. The zero-order chi connectivity index (χ0) is 24.4. The molecule has 0 saturated heterocycles. The predicted octanol–water partition coefficient (Wildman–Crippen LogP) is 4.98. The number of nitrogens with zero attached hydrogens (tertiary/aromatic N) is 2. The monoisotopic (exact) mass is 470 g/mol. The molecular weight excluding hydrogens is 440 g/mol. The van der Waals surface area contributed by atoms with Gasteiger partial charge in [0.1, 0.15) is 11.6 Å². The molecule has 1 aliphatic carbocycles. The number of carbonyl (C=O) groups is 1. The van der Waals surface area contributed by atoms with Crippen molar-refractivity contribution in [1.29, 1.82) is 0 Å². The number of aromatic nitrogens is 2. The van der Waals surface area contributed by atoms with E-state index < -0.39 is 5.92 Å². The lowest BCUT2D eigenvalue weighted by atomic mass is 9.81. The minimum Gasteiger partial charge on any atom is -0.463 e. The highest BCUT2D eigenvalue weighted by atomic mass is 16.5. The normalized spacial score (nSPS) is 17.6. The third-order valence-electron chi connectivity index (χ3n) is 6.76. The van der Waals surface area contributed by atoms with E-state index >= 15 is 0 Å². The predicted molar refractivity (Wildman–Crippen MR) is 137 cm³/mol. The number of para-hydroxylation sites is 1. The molecule has 0 spiro atoms. The molecule has 180 valence electrons. The number of anilines is 2. The van der Waals surface area contributed by atoms with Crippen LogP contribution in [0, 0.1) is 0 Å². The Bertz CT molecular complexity index is 1310. The molecule has 1 fully saturated rings. The summed E-state index contributed by atoms with van der Waals surface area (Å²) in [5, 5.41) is 6.94. The number of fused-ring (bicyclic) bond motifs is 1. The van der Waals surface area contributed by atoms with E-state index in [4.69, 9.17) is 4.74 Å². The number of esters is 1. The van der Waals surface area contributed by atoms with Crippen LogP contribution < -0.4 is 16.3 Å². The first-order valence-corrected chi connectivity index (χ1v) is 12.3. The fourth-order valence-electron chi connectivity index (χ4n) is 5.19. The fraction of sp³-hybridized carbons (Fsp3) is 0.321. The Morgan fingerprint density at radius 3 is 2.40 bits per heavy atom. The van der Waals surface area contributed by atoms with Gasteiger partial charge in [0.25, 0.3) is 0 Å². The first kappa shape index (κ1) is 22.9. The van der Waals surface area contributed by atoms with Gasteiger partial charge in [0, 0.05) is 17.3 Å². The van der Waals surface area contributed by atoms with Gasteiger partial charge < -0.3 is 15.4 Å². The van der Waals surface area contributed by atoms with Crippen molar-refractivity contribution in [3.05, 3.63) is 93.5 Å². The van der Waals surface area contributed by atoms with Gasteiger partial charge in [-0.3, -0.25) is 0 Å². The number of hydrogen-bond donors (Lipinski definition) is 2. The summed E-state index contributed by atoms with van der Waals surface area (Å²) in [6.07, 6.45) is 4.35. The fourth-order valence-corrected chi connectivity index (χ4v) is 5.19. The van der Waals surface area contributed by atoms with Crippen LogP contribution in [0.3, 0.4) is 0 Å². The van der Waals surface area contributed by atoms with E-state index in [0.29, 0.717) is 28.6 Å². The van der Waals surface area contributed by atoms with E-state index in [0.717, 1.165) is 36.8 Å². The lowest BCUT2D eigenvalue weighted by Crippen LogP contribution is -2.34. The van der Waals surface area contributed by atoms with Crippen molar-refractivity contribution in [2.75, 3.05) is 17.2 Å². The molecular formula is C28H30N4O3. The zero-order valence-corrected chi connectivity index (χ0v) is 20.1. The minimum atomic E-state index is -0.446. The molecule has 0 bridgehead atoms. The molecule has 2 heterocycles. The first-order chi connectivity index (χ1) is 17.1. The third kappa shape index (κ3) is 4.34. The SMILES string of the molecule is CCOC(=O)C1=C(C)Nc2c(c(NC3CCCC3)nc(=O)n2-c2ccccc2)C1c1ccccc1. The van der Waals surface area contributed by atoms with Crippen LogP contribution in [0.2, 0.25) is 0 Å². The molecule has 2 aromatic carbocycles. The van der Waals surface area contributed by atoms with Crippen LogP contribution in [0.4, 0.5) is 11.6 Å². The summed E-state index contributed by atoms with van der Waals surface area (Å²) in [5.41, 5.74) is 3.24. The Hall–Kier alpha value is -3.87. The molecule has 0 radical (unpaired) electrons. The maximum atomic E-state index is 13.4. The van der Waals surface area contributed by atoms with Crippen molar-refractivity contribution in [3.63, 3.8) is 0 Å². The Balaban J connectivity index is 1.79. The largest absolute Gasteiger partial charge is 0.463 e. The Morgan fingerprint density at radius 1 is 1.09 bits per heavy atom. The van der Waals surface area contributed by atoms with Crippen LogP contribution in [0.5, 0.6) is 0 Å². The molecule has 3 aromatic rings. The Kier molecular flexibility index (Phi) is 6.40. The summed E-state index contributed by atoms with van der Waals surface area (Å²) < 4.78 is 7.08. The summed E-state index contributed by atoms with van der Waals surface area (Å²) in [4.78, 5) is 31.2. The molecule has 35 heavy (non-hydrogen) atoms. The summed E-state index contributed by atoms with van der Waals surface area (Å²) in [5.74, 6) is 0.329. The standard InChI is InChI=1S/C28H30N4O3/c1-3-35-27(33)22-18(2)29-26-24(23(22)19-12-6-4-7-13-19)25(30-20-14-10-11-15-20)31-28(34)32(26)21-16-8-5-9-17-21/h4-9,12-13,16-17,20,23,29H,3,10-11,14-15H2,1-2H3,(H,30,31,34). The lowest BCUT2D eigenvalue weighted by Gasteiger charge is -2.33. The molecule has 2 N–H and O–H groups in total. The van der Waals surface area contributed by atoms with E-state index in [1.165, 1.54) is 0 Å². The number of carbonyl (C=O) groups excluding carboxylic acids is 1. The average molecular weight is 471 g/mol. The topological polar surface area (TPSA) is 85.2 Å². The smallest absolute Gasteiger partial charge is 0.355 e. The van der Waals surface area contributed by atoms with Crippen molar-refractivity contribution in [2.24, 2.45) is 0 Å². The van der Waals surface area contributed by atoms with Crippen LogP contribution in [0.25, 0.3) is 5.69 Å². The summed E-state index contributed by atoms with van der Waals surface area (Å²) in [7, 11) is 0. The maximum absolute atomic E-state index is 13.4. The molecule has 0 amide bonds. The highest BCUT2D eigenvalue weighted by molar-refractivity contribution is 5.95. The van der Waals surface area contributed by atoms with E-state index in [1.54, 1.807) is 11.5 Å². The van der Waals surface area contributed by atoms with Crippen molar-refractivity contribution in [2.45, 2.75) is 51.5 Å². The molecule has 1 unspecified atom stereocenters. The van der Waals surface area contributed by atoms with Crippen molar-refractivity contribution in [3.8, 4) is 5.69 Å². The second kappa shape index (κ2) is 9.78. The van der Waals surface area contributed by atoms with Gasteiger partial charge >= 0.3 is 11.7 Å². The van der Waals surface area contributed by atoms with Gasteiger partial charge in [0.15, 0.2) is 0 Å². The molecule has 1 atom stereocenters. The van der Waals surface area contributed by atoms with Gasteiger partial charge in [0.05, 0.1) is 23.8 Å². The summed E-state index contributed by atoms with van der Waals surface area (Å²) in [6.45, 7) is 3.94. The second-order valence-corrected chi connectivity index (χ2v) is 9.03. The Morgan fingerprint density at radius 2 is 1.74 bits per heavy atom. The number of hydrogen-bond acceptors (Lipinski definition) is 6. The number of ether oxygens (including phenoxy) is 1. The van der Waals surface area contributed by atoms with Crippen LogP contribution in [-0.2, 0) is 9.53 Å². The van der Waals surface area contributed by atoms with Gasteiger partial charge in [-0.15, -0.1) is 0 Å². The minimum absolute atomic E-state index is 0.244. The van der Waals surface area contributed by atoms with Gasteiger partial charge in [0.2, 0.25) is 0 Å². The average Bonchev–Trinajstić information content (AvgIpc) is 3.37. The summed E-state index contributed by atoms with van der Waals surface area (Å²) in [6, 6.07) is 19.6. The van der Waals surface area contributed by atoms with Crippen LogP contribution in [0.15, 0.2) is 76.7 Å². The summed E-state index contributed by atoms with van der Waals surface area (Å²) >= 11 is 0. The van der Waals surface area contributed by atoms with Gasteiger partial charge in [-0.05, 0) is 44.4 Å². The molecule has 5 rings (SSSR count). The quantitative estimate of drug-likeness (QED) is 0.494. The number of rotatable bonds is 6. The second-order valence-electron chi connectivity index (χ2n) is 9.03. The van der Waals surface area contributed by atoms with Crippen molar-refractivity contribution >= 4 is 17.6 Å². The molecule has 1 saturated carbocycles. The molecule has 7 heteroatoms. The lowest BCUT2D eigenvalue weighted by molar-refractivity contribution is -0.138. The first-order valence-electron chi connectivity index (χ1n) is 12.3. The number of nitrogens with one attached hydrogen (secondary N) is 2. The number of allylic oxidation sites excluding steroid dienone is 1. The third-order valence-corrected chi connectivity index (χ3v) is 6.76. The van der Waals surface area contributed by atoms with E-state index in [9.17, 15) is 9.59 Å². The molecule has 1 aromatic heterocycles. The van der Waals surface area contributed by atoms with Crippen molar-refractivity contribution < 1.29 is 9.53 Å². The maximum Gasteiger partial charge on any atom is 0.355 e. The van der Waals surface area contributed by atoms with Crippen LogP contribution in [0.1, 0.15) is 56.6 Å². The molecule has 7 nitrogen and oxygen atoms in total. The van der Waals surface area contributed by atoms with Gasteiger partial charge in [-0.2, -0.15) is 4.98 Å².